The van der Waals surface area contributed by atoms with Crippen LogP contribution < -0.4 is 4.57 Å². The number of para-hydroxylation sites is 2. The number of halogens is 1. The molecule has 0 unspecified atom stereocenters. The minimum Gasteiger partial charge on any atom is -0.231 e. The number of H-pyrrole nitrogens is 1. The summed E-state index contributed by atoms with van der Waals surface area (Å²) in [7, 11) is 0. The second kappa shape index (κ2) is 4.67. The third-order valence-electron chi connectivity index (χ3n) is 2.98. The van der Waals surface area contributed by atoms with Crippen LogP contribution >= 0.6 is 24.2 Å². The first-order chi connectivity index (χ1) is 8.75. The standard InChI is InChI=1S/C14H11ClN2S/c15-11-6-2-1-5-10(11)9-17-13-8-4-3-7-12(13)16-14(17)18/h1-8H,9H2,(H,16,18)/p+1. The summed E-state index contributed by atoms with van der Waals surface area (Å²) in [6.07, 6.45) is 0. The smallest absolute Gasteiger partial charge is 0.231 e. The number of thiol groups is 1. The average molecular weight is 276 g/mol. The third-order valence-corrected chi connectivity index (χ3v) is 3.71. The van der Waals surface area contributed by atoms with Crippen molar-refractivity contribution in [2.45, 2.75) is 11.7 Å². The molecule has 4 heteroatoms. The molecule has 18 heavy (non-hydrogen) atoms. The van der Waals surface area contributed by atoms with Crippen LogP contribution in [0.15, 0.2) is 53.7 Å². The first-order valence-corrected chi connectivity index (χ1v) is 6.51. The Labute approximate surface area is 116 Å². The van der Waals surface area contributed by atoms with Gasteiger partial charge in [-0.25, -0.2) is 9.55 Å². The molecule has 0 atom stereocenters. The van der Waals surface area contributed by atoms with Crippen molar-refractivity contribution in [2.24, 2.45) is 0 Å². The topological polar surface area (TPSA) is 19.7 Å². The Balaban J connectivity index is 2.10. The van der Waals surface area contributed by atoms with E-state index in [1.54, 1.807) is 0 Å². The fraction of sp³-hybridized carbons (Fsp3) is 0.0714. The lowest BCUT2D eigenvalue weighted by atomic mass is 10.2. The summed E-state index contributed by atoms with van der Waals surface area (Å²) in [6.45, 7) is 0.711. The van der Waals surface area contributed by atoms with Gasteiger partial charge >= 0.3 is 5.16 Å². The summed E-state index contributed by atoms with van der Waals surface area (Å²) in [5.41, 5.74) is 3.29. The lowest BCUT2D eigenvalue weighted by molar-refractivity contribution is -0.699. The summed E-state index contributed by atoms with van der Waals surface area (Å²) < 4.78 is 2.11. The monoisotopic (exact) mass is 275 g/mol. The molecule has 0 fully saturated rings. The molecule has 0 aliphatic rings. The Morgan fingerprint density at radius 1 is 1.06 bits per heavy atom. The number of fused-ring (bicyclic) bond motifs is 1. The molecule has 0 radical (unpaired) electrons. The van der Waals surface area contributed by atoms with Crippen LogP contribution in [0.3, 0.4) is 0 Å². The number of nitrogens with zero attached hydrogens (tertiary/aromatic N) is 1. The predicted octanol–water partition coefficient (Wildman–Crippen LogP) is 3.45. The molecule has 0 saturated carbocycles. The molecular formula is C14H12ClN2S+. The van der Waals surface area contributed by atoms with Gasteiger partial charge in [0.05, 0.1) is 0 Å². The maximum atomic E-state index is 6.20. The number of aromatic nitrogens is 2. The molecule has 3 aromatic rings. The first-order valence-electron chi connectivity index (χ1n) is 5.68. The number of hydrogen-bond acceptors (Lipinski definition) is 1. The number of rotatable bonds is 2. The second-order valence-electron chi connectivity index (χ2n) is 4.14. The zero-order chi connectivity index (χ0) is 12.5. The molecule has 2 nitrogen and oxygen atoms in total. The summed E-state index contributed by atoms with van der Waals surface area (Å²) >= 11 is 10.7. The van der Waals surface area contributed by atoms with Crippen molar-refractivity contribution in [3.05, 3.63) is 59.1 Å². The highest BCUT2D eigenvalue weighted by Gasteiger charge is 2.16. The highest BCUT2D eigenvalue weighted by atomic mass is 35.5. The SMILES string of the molecule is Sc1[nH]c2ccccc2[n+]1Cc1ccccc1Cl. The average Bonchev–Trinajstić information content (AvgIpc) is 2.69. The lowest BCUT2D eigenvalue weighted by Gasteiger charge is -2.02. The Hall–Kier alpha value is -1.45. The number of imidazole rings is 1. The van der Waals surface area contributed by atoms with Gasteiger partial charge in [0.25, 0.3) is 0 Å². The maximum absolute atomic E-state index is 6.20. The van der Waals surface area contributed by atoms with E-state index in [1.165, 1.54) is 0 Å². The van der Waals surface area contributed by atoms with Crippen LogP contribution in [-0.2, 0) is 6.54 Å². The molecule has 1 aromatic heterocycles. The second-order valence-corrected chi connectivity index (χ2v) is 4.97. The van der Waals surface area contributed by atoms with Gasteiger partial charge in [-0.15, -0.1) is 0 Å². The van der Waals surface area contributed by atoms with E-state index in [0.717, 1.165) is 26.8 Å². The first kappa shape index (κ1) is 11.6. The van der Waals surface area contributed by atoms with Gasteiger partial charge in [-0.1, -0.05) is 54.6 Å². The van der Waals surface area contributed by atoms with Gasteiger partial charge in [0, 0.05) is 10.6 Å². The number of benzene rings is 2. The molecule has 0 aliphatic heterocycles. The highest BCUT2D eigenvalue weighted by Crippen LogP contribution is 2.17. The van der Waals surface area contributed by atoms with Crippen molar-refractivity contribution in [1.82, 2.24) is 4.98 Å². The van der Waals surface area contributed by atoms with Crippen molar-refractivity contribution in [2.75, 3.05) is 0 Å². The van der Waals surface area contributed by atoms with Crippen LogP contribution in [0.1, 0.15) is 5.56 Å². The van der Waals surface area contributed by atoms with E-state index < -0.39 is 0 Å². The zero-order valence-electron chi connectivity index (χ0n) is 9.60. The minimum absolute atomic E-state index is 0.711. The van der Waals surface area contributed by atoms with Crippen LogP contribution in [0.4, 0.5) is 0 Å². The summed E-state index contributed by atoms with van der Waals surface area (Å²) in [6, 6.07) is 16.0. The summed E-state index contributed by atoms with van der Waals surface area (Å²) in [5.74, 6) is 0. The van der Waals surface area contributed by atoms with Crippen LogP contribution in [-0.4, -0.2) is 4.98 Å². The van der Waals surface area contributed by atoms with Crippen LogP contribution in [0.5, 0.6) is 0 Å². The van der Waals surface area contributed by atoms with Gasteiger partial charge < -0.3 is 0 Å². The molecule has 1 N–H and O–H groups in total. The van der Waals surface area contributed by atoms with Gasteiger partial charge in [-0.3, -0.25) is 0 Å². The van der Waals surface area contributed by atoms with Crippen LogP contribution in [0.25, 0.3) is 11.0 Å². The largest absolute Gasteiger partial charge is 0.313 e. The van der Waals surface area contributed by atoms with Gasteiger partial charge in [0.15, 0.2) is 11.0 Å². The molecule has 3 rings (SSSR count). The minimum atomic E-state index is 0.711. The molecule has 0 spiro atoms. The van der Waals surface area contributed by atoms with Crippen molar-refractivity contribution in [3.63, 3.8) is 0 Å². The zero-order valence-corrected chi connectivity index (χ0v) is 11.2. The Morgan fingerprint density at radius 2 is 1.78 bits per heavy atom. The van der Waals surface area contributed by atoms with Crippen molar-refractivity contribution >= 4 is 35.3 Å². The van der Waals surface area contributed by atoms with Gasteiger partial charge in [0.1, 0.15) is 6.54 Å². The number of hydrogen-bond donors (Lipinski definition) is 2. The lowest BCUT2D eigenvalue weighted by Crippen LogP contribution is -2.34. The molecule has 0 amide bonds. The summed E-state index contributed by atoms with van der Waals surface area (Å²) in [5, 5.41) is 1.61. The van der Waals surface area contributed by atoms with E-state index >= 15 is 0 Å². The van der Waals surface area contributed by atoms with E-state index in [-0.39, 0.29) is 0 Å². The molecule has 90 valence electrons. The van der Waals surface area contributed by atoms with E-state index in [2.05, 4.69) is 28.2 Å². The Kier molecular flexibility index (Phi) is 3.02. The third kappa shape index (κ3) is 2.00. The van der Waals surface area contributed by atoms with Gasteiger partial charge in [0.2, 0.25) is 0 Å². The van der Waals surface area contributed by atoms with Crippen molar-refractivity contribution in [1.29, 1.82) is 0 Å². The molecule has 0 saturated heterocycles. The summed E-state index contributed by atoms with van der Waals surface area (Å²) in [4.78, 5) is 3.25. The van der Waals surface area contributed by atoms with Gasteiger partial charge in [-0.2, -0.15) is 0 Å². The van der Waals surface area contributed by atoms with E-state index in [0.29, 0.717) is 6.54 Å². The van der Waals surface area contributed by atoms with Crippen LogP contribution in [0.2, 0.25) is 5.02 Å². The Morgan fingerprint density at radius 3 is 2.61 bits per heavy atom. The highest BCUT2D eigenvalue weighted by molar-refractivity contribution is 7.80. The molecule has 1 heterocycles. The maximum Gasteiger partial charge on any atom is 0.313 e. The van der Waals surface area contributed by atoms with Crippen LogP contribution in [0, 0.1) is 0 Å². The molecule has 0 bridgehead atoms. The van der Waals surface area contributed by atoms with Gasteiger partial charge in [-0.05, 0) is 18.2 Å². The molecule has 2 aromatic carbocycles. The molecule has 0 aliphatic carbocycles. The Bertz CT molecular complexity index is 706. The van der Waals surface area contributed by atoms with Crippen molar-refractivity contribution < 1.29 is 4.57 Å². The number of aromatic amines is 1. The fourth-order valence-electron chi connectivity index (χ4n) is 2.07. The normalized spacial score (nSPS) is 11.0. The molecular weight excluding hydrogens is 264 g/mol. The quantitative estimate of drug-likeness (QED) is 0.528. The van der Waals surface area contributed by atoms with E-state index in [1.807, 2.05) is 42.5 Å². The van der Waals surface area contributed by atoms with E-state index in [4.69, 9.17) is 11.6 Å². The fourth-order valence-corrected chi connectivity index (χ4v) is 2.57. The number of nitrogens with one attached hydrogen (secondary N) is 1. The van der Waals surface area contributed by atoms with E-state index in [9.17, 15) is 0 Å². The van der Waals surface area contributed by atoms with Crippen molar-refractivity contribution in [3.8, 4) is 0 Å². The predicted molar refractivity (Wildman–Crippen MR) is 76.3 cm³/mol.